The minimum absolute atomic E-state index is 0.0460. The minimum atomic E-state index is -3.80. The van der Waals surface area contributed by atoms with E-state index in [1.54, 1.807) is 24.4 Å². The average Bonchev–Trinajstić information content (AvgIpc) is 2.58. The van der Waals surface area contributed by atoms with E-state index in [2.05, 4.69) is 10.3 Å². The van der Waals surface area contributed by atoms with Crippen LogP contribution in [0.5, 0.6) is 0 Å². The second-order valence-corrected chi connectivity index (χ2v) is 7.05. The summed E-state index contributed by atoms with van der Waals surface area (Å²) in [6.45, 7) is -0.348. The molecule has 1 N–H and O–H groups in total. The van der Waals surface area contributed by atoms with Crippen LogP contribution in [0.4, 0.5) is 11.4 Å². The highest BCUT2D eigenvalue weighted by Crippen LogP contribution is 2.22. The van der Waals surface area contributed by atoms with Gasteiger partial charge < -0.3 is 5.32 Å². The van der Waals surface area contributed by atoms with E-state index < -0.39 is 27.4 Å². The van der Waals surface area contributed by atoms with Crippen LogP contribution in [0.2, 0.25) is 0 Å². The number of nitrogens with zero attached hydrogens (tertiary/aromatic N) is 3. The first kappa shape index (κ1) is 18.3. The molecule has 2 aromatic rings. The molecule has 0 aliphatic heterocycles. The number of nitrogens with one attached hydrogen (secondary N) is 1. The van der Waals surface area contributed by atoms with E-state index in [1.165, 1.54) is 18.2 Å². The normalized spacial score (nSPS) is 10.9. The Morgan fingerprint density at radius 2 is 2.04 bits per heavy atom. The van der Waals surface area contributed by atoms with Gasteiger partial charge in [-0.3, -0.25) is 24.2 Å². The number of non-ortho nitro benzene ring substituents is 1. The second-order valence-electron chi connectivity index (χ2n) is 5.14. The number of carbonyl (C=O) groups excluding carboxylic acids is 1. The van der Waals surface area contributed by atoms with Crippen molar-refractivity contribution in [3.63, 3.8) is 0 Å². The van der Waals surface area contributed by atoms with Crippen LogP contribution >= 0.6 is 0 Å². The van der Waals surface area contributed by atoms with E-state index >= 15 is 0 Å². The Morgan fingerprint density at radius 1 is 1.28 bits per heavy atom. The van der Waals surface area contributed by atoms with Crippen LogP contribution in [0.25, 0.3) is 0 Å². The molecule has 25 heavy (non-hydrogen) atoms. The van der Waals surface area contributed by atoms with Crippen molar-refractivity contribution in [3.05, 3.63) is 64.5 Å². The maximum absolute atomic E-state index is 12.1. The van der Waals surface area contributed by atoms with E-state index in [4.69, 9.17) is 0 Å². The molecule has 0 bridgehead atoms. The van der Waals surface area contributed by atoms with Crippen LogP contribution in [0.15, 0.2) is 48.7 Å². The number of hydrogen-bond donors (Lipinski definition) is 1. The summed E-state index contributed by atoms with van der Waals surface area (Å²) in [4.78, 5) is 26.4. The summed E-state index contributed by atoms with van der Waals surface area (Å²) in [7, 11) is -3.80. The van der Waals surface area contributed by atoms with Gasteiger partial charge in [0, 0.05) is 18.3 Å². The Kier molecular flexibility index (Phi) is 5.65. The SMILES string of the molecule is CS(=O)(=O)N(CC(=O)NCc1ccccn1)c1cccc([N+](=O)[O-])c1. The average molecular weight is 364 g/mol. The number of nitro benzene ring substituents is 1. The molecule has 1 aromatic carbocycles. The zero-order valence-electron chi connectivity index (χ0n) is 13.3. The van der Waals surface area contributed by atoms with Gasteiger partial charge in [-0.05, 0) is 18.2 Å². The Hall–Kier alpha value is -3.01. The van der Waals surface area contributed by atoms with Gasteiger partial charge in [0.1, 0.15) is 6.54 Å². The lowest BCUT2D eigenvalue weighted by molar-refractivity contribution is -0.384. The van der Waals surface area contributed by atoms with Crippen LogP contribution in [0.3, 0.4) is 0 Å². The fourth-order valence-electron chi connectivity index (χ4n) is 2.04. The van der Waals surface area contributed by atoms with Gasteiger partial charge in [0.25, 0.3) is 5.69 Å². The van der Waals surface area contributed by atoms with Crippen LogP contribution in [-0.4, -0.2) is 37.0 Å². The maximum atomic E-state index is 12.1. The van der Waals surface area contributed by atoms with E-state index in [9.17, 15) is 23.3 Å². The van der Waals surface area contributed by atoms with Gasteiger partial charge in [-0.1, -0.05) is 12.1 Å². The predicted octanol–water partition coefficient (Wildman–Crippen LogP) is 1.07. The van der Waals surface area contributed by atoms with E-state index in [-0.39, 0.29) is 17.9 Å². The van der Waals surface area contributed by atoms with Crippen LogP contribution in [-0.2, 0) is 21.4 Å². The summed E-state index contributed by atoms with van der Waals surface area (Å²) >= 11 is 0. The second kappa shape index (κ2) is 7.71. The minimum Gasteiger partial charge on any atom is -0.349 e. The molecule has 0 unspecified atom stereocenters. The first-order valence-corrected chi connectivity index (χ1v) is 9.01. The van der Waals surface area contributed by atoms with Crippen LogP contribution < -0.4 is 9.62 Å². The summed E-state index contributed by atoms with van der Waals surface area (Å²) in [6.07, 6.45) is 2.51. The maximum Gasteiger partial charge on any atom is 0.271 e. The van der Waals surface area contributed by atoms with Crippen molar-refractivity contribution in [1.29, 1.82) is 0 Å². The number of pyridine rings is 1. The zero-order valence-corrected chi connectivity index (χ0v) is 14.1. The van der Waals surface area contributed by atoms with Crippen molar-refractivity contribution in [3.8, 4) is 0 Å². The van der Waals surface area contributed by atoms with Gasteiger partial charge in [0.05, 0.1) is 29.1 Å². The number of benzene rings is 1. The van der Waals surface area contributed by atoms with Crippen molar-refractivity contribution in [2.75, 3.05) is 17.1 Å². The molecule has 0 aliphatic carbocycles. The number of aromatic nitrogens is 1. The van der Waals surface area contributed by atoms with Gasteiger partial charge in [0.2, 0.25) is 15.9 Å². The monoisotopic (exact) mass is 364 g/mol. The number of hydrogen-bond acceptors (Lipinski definition) is 6. The van der Waals surface area contributed by atoms with Crippen molar-refractivity contribution in [1.82, 2.24) is 10.3 Å². The van der Waals surface area contributed by atoms with Crippen molar-refractivity contribution < 1.29 is 18.1 Å². The lowest BCUT2D eigenvalue weighted by Gasteiger charge is -2.21. The molecule has 10 heteroatoms. The number of sulfonamides is 1. The third-order valence-electron chi connectivity index (χ3n) is 3.21. The summed E-state index contributed by atoms with van der Waals surface area (Å²) < 4.78 is 24.8. The highest BCUT2D eigenvalue weighted by molar-refractivity contribution is 7.92. The van der Waals surface area contributed by atoms with Gasteiger partial charge in [-0.2, -0.15) is 0 Å². The van der Waals surface area contributed by atoms with E-state index in [0.29, 0.717) is 5.69 Å². The van der Waals surface area contributed by atoms with Crippen LogP contribution in [0.1, 0.15) is 5.69 Å². The molecular formula is C15H16N4O5S. The molecule has 0 aliphatic rings. The zero-order chi connectivity index (χ0) is 18.4. The number of anilines is 1. The Balaban J connectivity index is 2.14. The fourth-order valence-corrected chi connectivity index (χ4v) is 2.89. The third kappa shape index (κ3) is 5.24. The molecule has 9 nitrogen and oxygen atoms in total. The summed E-state index contributed by atoms with van der Waals surface area (Å²) in [5.74, 6) is -0.553. The Bertz CT molecular complexity index is 871. The first-order chi connectivity index (χ1) is 11.8. The highest BCUT2D eigenvalue weighted by Gasteiger charge is 2.22. The van der Waals surface area contributed by atoms with Gasteiger partial charge in [0.15, 0.2) is 0 Å². The first-order valence-electron chi connectivity index (χ1n) is 7.16. The van der Waals surface area contributed by atoms with Gasteiger partial charge in [-0.25, -0.2) is 8.42 Å². The number of amides is 1. The summed E-state index contributed by atoms with van der Waals surface area (Å²) in [5, 5.41) is 13.4. The standard InChI is InChI=1S/C15H16N4O5S/c1-25(23,24)18(13-6-4-7-14(9-13)19(21)22)11-15(20)17-10-12-5-2-3-8-16-12/h2-9H,10-11H2,1H3,(H,17,20). The molecule has 0 spiro atoms. The van der Waals surface area contributed by atoms with Gasteiger partial charge >= 0.3 is 0 Å². The number of nitro groups is 1. The molecule has 0 saturated carbocycles. The summed E-state index contributed by atoms with van der Waals surface area (Å²) in [5.41, 5.74) is 0.404. The smallest absolute Gasteiger partial charge is 0.271 e. The third-order valence-corrected chi connectivity index (χ3v) is 4.35. The Morgan fingerprint density at radius 3 is 2.64 bits per heavy atom. The summed E-state index contributed by atoms with van der Waals surface area (Å²) in [6, 6.07) is 10.3. The van der Waals surface area contributed by atoms with Crippen LogP contribution in [0, 0.1) is 10.1 Å². The molecule has 1 aromatic heterocycles. The molecule has 1 heterocycles. The van der Waals surface area contributed by atoms with Crippen molar-refractivity contribution in [2.45, 2.75) is 6.54 Å². The molecule has 0 atom stereocenters. The van der Waals surface area contributed by atoms with Crippen molar-refractivity contribution >= 4 is 27.3 Å². The largest absolute Gasteiger partial charge is 0.349 e. The molecule has 0 fully saturated rings. The number of rotatable bonds is 7. The lowest BCUT2D eigenvalue weighted by atomic mass is 10.3. The molecule has 0 radical (unpaired) electrons. The van der Waals surface area contributed by atoms with E-state index in [1.807, 2.05) is 0 Å². The quantitative estimate of drug-likeness (QED) is 0.579. The highest BCUT2D eigenvalue weighted by atomic mass is 32.2. The number of carbonyl (C=O) groups is 1. The molecular weight excluding hydrogens is 348 g/mol. The molecule has 2 rings (SSSR count). The molecule has 0 saturated heterocycles. The molecule has 132 valence electrons. The molecule has 1 amide bonds. The lowest BCUT2D eigenvalue weighted by Crippen LogP contribution is -2.40. The predicted molar refractivity (Wildman–Crippen MR) is 91.4 cm³/mol. The van der Waals surface area contributed by atoms with Crippen molar-refractivity contribution in [2.24, 2.45) is 0 Å². The Labute approximate surface area is 144 Å². The van der Waals surface area contributed by atoms with Gasteiger partial charge in [-0.15, -0.1) is 0 Å². The van der Waals surface area contributed by atoms with E-state index in [0.717, 1.165) is 16.6 Å². The topological polar surface area (TPSA) is 123 Å². The fraction of sp³-hybridized carbons (Fsp3) is 0.200.